The summed E-state index contributed by atoms with van der Waals surface area (Å²) in [7, 11) is 0. The first kappa shape index (κ1) is 23.8. The number of anilines is 3. The molecule has 1 amide bonds. The fourth-order valence-electron chi connectivity index (χ4n) is 3.65. The Morgan fingerprint density at radius 1 is 1.09 bits per heavy atom. The number of hydrogen-bond donors (Lipinski definition) is 4. The van der Waals surface area contributed by atoms with Crippen molar-refractivity contribution in [2.45, 2.75) is 13.0 Å². The summed E-state index contributed by atoms with van der Waals surface area (Å²) in [4.78, 5) is 22.8. The number of H-pyrrole nitrogens is 1. The summed E-state index contributed by atoms with van der Waals surface area (Å²) < 4.78 is 13.5. The lowest BCUT2D eigenvalue weighted by Gasteiger charge is -2.22. The zero-order chi connectivity index (χ0) is 24.5. The van der Waals surface area contributed by atoms with Crippen molar-refractivity contribution in [1.82, 2.24) is 20.2 Å². The van der Waals surface area contributed by atoms with Crippen LogP contribution in [0, 0.1) is 5.82 Å². The maximum Gasteiger partial charge on any atom is 0.214 e. The number of benzene rings is 1. The summed E-state index contributed by atoms with van der Waals surface area (Å²) in [6.07, 6.45) is 6.38. The second-order valence-electron chi connectivity index (χ2n) is 7.75. The number of carbonyl (C=O) groups is 1. The van der Waals surface area contributed by atoms with Crippen LogP contribution < -0.4 is 15.5 Å². The van der Waals surface area contributed by atoms with E-state index in [9.17, 15) is 9.18 Å². The first-order valence-electron chi connectivity index (χ1n) is 11.2. The van der Waals surface area contributed by atoms with Crippen LogP contribution in [-0.4, -0.2) is 51.4 Å². The largest absolute Gasteiger partial charge is 0.395 e. The van der Waals surface area contributed by atoms with Crippen molar-refractivity contribution in [2.75, 3.05) is 35.2 Å². The SMILES string of the molecule is O=CN(Cc1cccnc1NCCO)c1ccc(-c2cn[nH]c2)nc1NCCc1cccc(F)c1. The van der Waals surface area contributed by atoms with Crippen LogP contribution in [0.1, 0.15) is 11.1 Å². The van der Waals surface area contributed by atoms with Crippen molar-refractivity contribution < 1.29 is 14.3 Å². The summed E-state index contributed by atoms with van der Waals surface area (Å²) in [5.41, 5.74) is 3.73. The fourth-order valence-corrected chi connectivity index (χ4v) is 3.65. The molecule has 0 bridgehead atoms. The second-order valence-corrected chi connectivity index (χ2v) is 7.75. The van der Waals surface area contributed by atoms with Gasteiger partial charge in [-0.25, -0.2) is 14.4 Å². The summed E-state index contributed by atoms with van der Waals surface area (Å²) >= 11 is 0. The number of nitrogens with zero attached hydrogens (tertiary/aromatic N) is 4. The number of nitrogens with one attached hydrogen (secondary N) is 3. The minimum absolute atomic E-state index is 0.0355. The van der Waals surface area contributed by atoms with E-state index in [1.54, 1.807) is 30.7 Å². The van der Waals surface area contributed by atoms with Crippen LogP contribution >= 0.6 is 0 Å². The number of carbonyl (C=O) groups excluding carboxylic acids is 1. The van der Waals surface area contributed by atoms with Gasteiger partial charge in [0, 0.05) is 36.6 Å². The molecule has 0 aliphatic heterocycles. The molecule has 0 aliphatic rings. The number of rotatable bonds is 12. The minimum atomic E-state index is -0.280. The summed E-state index contributed by atoms with van der Waals surface area (Å²) in [5, 5.41) is 22.3. The van der Waals surface area contributed by atoms with Crippen molar-refractivity contribution >= 4 is 23.7 Å². The lowest BCUT2D eigenvalue weighted by Crippen LogP contribution is -2.24. The predicted molar refractivity (Wildman–Crippen MR) is 132 cm³/mol. The van der Waals surface area contributed by atoms with Gasteiger partial charge < -0.3 is 20.6 Å². The van der Waals surface area contributed by atoms with Gasteiger partial charge in [-0.2, -0.15) is 5.10 Å². The molecular formula is C25H26FN7O2. The number of amides is 1. The van der Waals surface area contributed by atoms with Gasteiger partial charge in [-0.1, -0.05) is 18.2 Å². The molecule has 0 unspecified atom stereocenters. The Morgan fingerprint density at radius 2 is 1.97 bits per heavy atom. The Hall–Kier alpha value is -4.31. The highest BCUT2D eigenvalue weighted by Gasteiger charge is 2.16. The molecule has 0 saturated heterocycles. The Labute approximate surface area is 202 Å². The van der Waals surface area contributed by atoms with Gasteiger partial charge in [0.2, 0.25) is 6.41 Å². The van der Waals surface area contributed by atoms with Gasteiger partial charge in [-0.3, -0.25) is 9.89 Å². The molecule has 0 fully saturated rings. The van der Waals surface area contributed by atoms with E-state index in [1.165, 1.54) is 17.0 Å². The second kappa shape index (κ2) is 11.7. The summed E-state index contributed by atoms with van der Waals surface area (Å²) in [5.74, 6) is 0.829. The monoisotopic (exact) mass is 475 g/mol. The Balaban J connectivity index is 1.60. The van der Waals surface area contributed by atoms with Crippen LogP contribution in [0.4, 0.5) is 21.7 Å². The van der Waals surface area contributed by atoms with Crippen LogP contribution in [0.2, 0.25) is 0 Å². The van der Waals surface area contributed by atoms with Gasteiger partial charge in [0.15, 0.2) is 5.82 Å². The number of halogens is 1. The van der Waals surface area contributed by atoms with E-state index >= 15 is 0 Å². The maximum atomic E-state index is 13.5. The predicted octanol–water partition coefficient (Wildman–Crippen LogP) is 3.23. The number of aromatic amines is 1. The molecule has 4 aromatic rings. The molecular weight excluding hydrogens is 449 g/mol. The molecule has 1 aromatic carbocycles. The average molecular weight is 476 g/mol. The molecule has 3 aromatic heterocycles. The summed E-state index contributed by atoms with van der Waals surface area (Å²) in [6, 6.07) is 13.8. The van der Waals surface area contributed by atoms with E-state index in [0.717, 1.165) is 23.1 Å². The molecule has 0 spiro atoms. The third kappa shape index (κ3) is 6.18. The van der Waals surface area contributed by atoms with Crippen LogP contribution in [0.5, 0.6) is 0 Å². The zero-order valence-electron chi connectivity index (χ0n) is 19.0. The van der Waals surface area contributed by atoms with E-state index in [-0.39, 0.29) is 19.0 Å². The average Bonchev–Trinajstić information content (AvgIpc) is 3.42. The van der Waals surface area contributed by atoms with Crippen LogP contribution in [0.25, 0.3) is 11.3 Å². The van der Waals surface area contributed by atoms with Gasteiger partial charge in [-0.15, -0.1) is 0 Å². The summed E-state index contributed by atoms with van der Waals surface area (Å²) in [6.45, 7) is 1.04. The van der Waals surface area contributed by atoms with E-state index in [1.807, 2.05) is 24.3 Å². The maximum absolute atomic E-state index is 13.5. The molecule has 180 valence electrons. The normalized spacial score (nSPS) is 10.7. The molecule has 0 radical (unpaired) electrons. The molecule has 4 N–H and O–H groups in total. The number of aliphatic hydroxyl groups is 1. The molecule has 3 heterocycles. The van der Waals surface area contributed by atoms with E-state index in [2.05, 4.69) is 25.8 Å². The zero-order valence-corrected chi connectivity index (χ0v) is 19.0. The van der Waals surface area contributed by atoms with Gasteiger partial charge in [0.25, 0.3) is 0 Å². The highest BCUT2D eigenvalue weighted by atomic mass is 19.1. The first-order chi connectivity index (χ1) is 17.2. The number of aromatic nitrogens is 4. The van der Waals surface area contributed by atoms with Crippen molar-refractivity contribution in [1.29, 1.82) is 0 Å². The third-order valence-electron chi connectivity index (χ3n) is 5.34. The van der Waals surface area contributed by atoms with E-state index in [0.29, 0.717) is 42.5 Å². The van der Waals surface area contributed by atoms with Crippen molar-refractivity contribution in [2.24, 2.45) is 0 Å². The van der Waals surface area contributed by atoms with Crippen molar-refractivity contribution in [3.8, 4) is 11.3 Å². The Bertz CT molecular complexity index is 1250. The fraction of sp³-hybridized carbons (Fsp3) is 0.200. The van der Waals surface area contributed by atoms with E-state index < -0.39 is 0 Å². The molecule has 10 heteroatoms. The highest BCUT2D eigenvalue weighted by molar-refractivity contribution is 5.83. The molecule has 4 rings (SSSR count). The number of aliphatic hydroxyl groups excluding tert-OH is 1. The first-order valence-corrected chi connectivity index (χ1v) is 11.2. The third-order valence-corrected chi connectivity index (χ3v) is 5.34. The smallest absolute Gasteiger partial charge is 0.214 e. The molecule has 0 saturated carbocycles. The highest BCUT2D eigenvalue weighted by Crippen LogP contribution is 2.29. The lowest BCUT2D eigenvalue weighted by atomic mass is 10.1. The minimum Gasteiger partial charge on any atom is -0.395 e. The number of pyridine rings is 2. The topological polar surface area (TPSA) is 119 Å². The van der Waals surface area contributed by atoms with E-state index in [4.69, 9.17) is 10.1 Å². The van der Waals surface area contributed by atoms with Gasteiger partial charge in [0.1, 0.15) is 11.6 Å². The van der Waals surface area contributed by atoms with Crippen LogP contribution in [0.3, 0.4) is 0 Å². The molecule has 0 atom stereocenters. The van der Waals surface area contributed by atoms with Gasteiger partial charge in [0.05, 0.1) is 30.7 Å². The number of hydrogen-bond acceptors (Lipinski definition) is 7. The standard InChI is InChI=1S/C25H26FN7O2/c26-21-5-1-3-18(13-21)8-10-28-25-23(7-6-22(32-25)20-14-30-31-15-20)33(17-35)16-19-4-2-9-27-24(19)29-11-12-34/h1-7,9,13-15,17,34H,8,10-12,16H2,(H,27,29)(H,28,32)(H,30,31). The molecule has 35 heavy (non-hydrogen) atoms. The van der Waals surface area contributed by atoms with Gasteiger partial charge >= 0.3 is 0 Å². The Kier molecular flexibility index (Phi) is 7.97. The van der Waals surface area contributed by atoms with Gasteiger partial charge in [-0.05, 0) is 42.3 Å². The lowest BCUT2D eigenvalue weighted by molar-refractivity contribution is -0.107. The molecule has 0 aliphatic carbocycles. The Morgan fingerprint density at radius 3 is 2.74 bits per heavy atom. The van der Waals surface area contributed by atoms with Crippen LogP contribution in [-0.2, 0) is 17.8 Å². The quantitative estimate of drug-likeness (QED) is 0.232. The van der Waals surface area contributed by atoms with Crippen LogP contribution in [0.15, 0.2) is 67.1 Å². The molecule has 9 nitrogen and oxygen atoms in total. The van der Waals surface area contributed by atoms with Crippen molar-refractivity contribution in [3.05, 3.63) is 84.1 Å². The van der Waals surface area contributed by atoms with Crippen molar-refractivity contribution in [3.63, 3.8) is 0 Å².